The van der Waals surface area contributed by atoms with Crippen LogP contribution in [0.5, 0.6) is 0 Å². The molecule has 210 valence electrons. The van der Waals surface area contributed by atoms with E-state index in [2.05, 4.69) is 36.3 Å². The van der Waals surface area contributed by atoms with Crippen molar-refractivity contribution in [1.29, 1.82) is 0 Å². The number of nitrogens with one attached hydrogen (secondary N) is 1. The summed E-state index contributed by atoms with van der Waals surface area (Å²) in [5.41, 5.74) is 3.16. The molecule has 0 bridgehead atoms. The molecule has 0 radical (unpaired) electrons. The maximum Gasteiger partial charge on any atom is 0.338 e. The van der Waals surface area contributed by atoms with Crippen molar-refractivity contribution in [2.45, 2.75) is 13.0 Å². The van der Waals surface area contributed by atoms with Gasteiger partial charge in [-0.3, -0.25) is 14.7 Å². The number of rotatable bonds is 11. The molecule has 39 heavy (non-hydrogen) atoms. The summed E-state index contributed by atoms with van der Waals surface area (Å²) < 4.78 is 30.1. The van der Waals surface area contributed by atoms with Crippen molar-refractivity contribution in [1.82, 2.24) is 25.3 Å². The molecule has 1 saturated heterocycles. The number of hydrogen-bond donors (Lipinski definition) is 1. The standard InChI is InChI=1S/C25H30BrFN6O5S/c1-3-38-25(35)21-19(13-32-6-8-33(9-7-32)20(34)14-37-11-10-36-2)29-23(24-31-28-15-39-24)30-22(21)17-5-4-16(27)12-18(17)26/h4-5,12,15,22H,3,6-11,13-14H2,1-2H3,(H,29,30). The van der Waals surface area contributed by atoms with Crippen molar-refractivity contribution in [2.24, 2.45) is 4.99 Å². The lowest BCUT2D eigenvalue weighted by Gasteiger charge is -2.36. The molecular weight excluding hydrogens is 595 g/mol. The SMILES string of the molecule is CCOC(=O)C1=C(CN2CCN(C(=O)COCCOC)CC2)NC(c2nncs2)=NC1c1ccc(F)cc1Br. The van der Waals surface area contributed by atoms with Crippen LogP contribution in [-0.2, 0) is 23.8 Å². The van der Waals surface area contributed by atoms with E-state index in [9.17, 15) is 14.0 Å². The summed E-state index contributed by atoms with van der Waals surface area (Å²) in [5, 5.41) is 11.9. The highest BCUT2D eigenvalue weighted by Crippen LogP contribution is 2.37. The van der Waals surface area contributed by atoms with Gasteiger partial charge in [0.15, 0.2) is 10.8 Å². The van der Waals surface area contributed by atoms with Gasteiger partial charge in [0.1, 0.15) is 24.0 Å². The number of nitrogens with zero attached hydrogens (tertiary/aromatic N) is 5. The minimum Gasteiger partial charge on any atom is -0.463 e. The van der Waals surface area contributed by atoms with E-state index in [4.69, 9.17) is 19.2 Å². The molecule has 1 unspecified atom stereocenters. The number of carbonyl (C=O) groups is 2. The van der Waals surface area contributed by atoms with E-state index in [0.29, 0.717) is 78.1 Å². The molecule has 0 aliphatic carbocycles. The molecule has 2 aromatic rings. The number of esters is 1. The second-order valence-corrected chi connectivity index (χ2v) is 10.4. The van der Waals surface area contributed by atoms with Gasteiger partial charge in [-0.1, -0.05) is 33.3 Å². The first kappa shape index (κ1) is 29.2. The zero-order valence-electron chi connectivity index (χ0n) is 21.7. The molecule has 4 rings (SSSR count). The first-order valence-corrected chi connectivity index (χ1v) is 14.1. The Kier molecular flexibility index (Phi) is 10.5. The lowest BCUT2D eigenvalue weighted by molar-refractivity contribution is -0.139. The summed E-state index contributed by atoms with van der Waals surface area (Å²) in [5.74, 6) is -0.529. The third-order valence-electron chi connectivity index (χ3n) is 6.21. The van der Waals surface area contributed by atoms with Crippen LogP contribution in [-0.4, -0.2) is 104 Å². The smallest absolute Gasteiger partial charge is 0.338 e. The van der Waals surface area contributed by atoms with Gasteiger partial charge in [0.2, 0.25) is 5.91 Å². The second kappa shape index (κ2) is 14.0. The zero-order chi connectivity index (χ0) is 27.8. The molecule has 3 heterocycles. The normalized spacial score (nSPS) is 18.1. The van der Waals surface area contributed by atoms with Crippen LogP contribution < -0.4 is 5.32 Å². The van der Waals surface area contributed by atoms with Crippen molar-refractivity contribution in [2.75, 3.05) is 66.3 Å². The lowest BCUT2D eigenvalue weighted by Crippen LogP contribution is -2.51. The van der Waals surface area contributed by atoms with Gasteiger partial charge in [-0.05, 0) is 24.6 Å². The van der Waals surface area contributed by atoms with Gasteiger partial charge < -0.3 is 24.4 Å². The number of benzene rings is 1. The molecule has 1 amide bonds. The van der Waals surface area contributed by atoms with Crippen LogP contribution >= 0.6 is 27.3 Å². The molecule has 1 fully saturated rings. The largest absolute Gasteiger partial charge is 0.463 e. The molecule has 0 spiro atoms. The lowest BCUT2D eigenvalue weighted by atomic mass is 9.95. The van der Waals surface area contributed by atoms with E-state index in [1.54, 1.807) is 30.5 Å². The van der Waals surface area contributed by atoms with Crippen molar-refractivity contribution in [3.8, 4) is 0 Å². The number of amides is 1. The molecular formula is C25H30BrFN6O5S. The predicted molar refractivity (Wildman–Crippen MR) is 146 cm³/mol. The number of methoxy groups -OCH3 is 1. The van der Waals surface area contributed by atoms with Crippen molar-refractivity contribution in [3.63, 3.8) is 0 Å². The number of aliphatic imine (C=N–C) groups is 1. The van der Waals surface area contributed by atoms with Gasteiger partial charge in [-0.15, -0.1) is 10.2 Å². The molecule has 0 saturated carbocycles. The quantitative estimate of drug-likeness (QED) is 0.296. The molecule has 1 N–H and O–H groups in total. The third-order valence-corrected chi connectivity index (χ3v) is 7.59. The molecule has 11 nitrogen and oxygen atoms in total. The predicted octanol–water partition coefficient (Wildman–Crippen LogP) is 2.16. The average Bonchev–Trinajstić information content (AvgIpc) is 3.46. The Bertz CT molecular complexity index is 1220. The minimum atomic E-state index is -0.763. The number of amidine groups is 1. The molecule has 1 atom stereocenters. The van der Waals surface area contributed by atoms with Gasteiger partial charge in [0.25, 0.3) is 0 Å². The summed E-state index contributed by atoms with van der Waals surface area (Å²) in [7, 11) is 1.58. The second-order valence-electron chi connectivity index (χ2n) is 8.73. The van der Waals surface area contributed by atoms with Crippen molar-refractivity contribution in [3.05, 3.63) is 55.8 Å². The van der Waals surface area contributed by atoms with E-state index in [1.165, 1.54) is 23.5 Å². The highest BCUT2D eigenvalue weighted by molar-refractivity contribution is 9.10. The van der Waals surface area contributed by atoms with Crippen molar-refractivity contribution < 1.29 is 28.2 Å². The van der Waals surface area contributed by atoms with Crippen molar-refractivity contribution >= 4 is 45.0 Å². The van der Waals surface area contributed by atoms with Crippen LogP contribution in [0, 0.1) is 5.82 Å². The number of halogens is 2. The highest BCUT2D eigenvalue weighted by Gasteiger charge is 2.35. The Morgan fingerprint density at radius 1 is 1.23 bits per heavy atom. The average molecular weight is 626 g/mol. The summed E-state index contributed by atoms with van der Waals surface area (Å²) >= 11 is 4.75. The van der Waals surface area contributed by atoms with Gasteiger partial charge in [0, 0.05) is 50.0 Å². The minimum absolute atomic E-state index is 0.0129. The van der Waals surface area contributed by atoms with Crippen LogP contribution in [0.15, 0.2) is 44.4 Å². The number of carbonyl (C=O) groups excluding carboxylic acids is 2. The zero-order valence-corrected chi connectivity index (χ0v) is 24.1. The Morgan fingerprint density at radius 3 is 2.69 bits per heavy atom. The van der Waals surface area contributed by atoms with E-state index in [-0.39, 0.29) is 19.1 Å². The van der Waals surface area contributed by atoms with Crippen LogP contribution in [0.25, 0.3) is 0 Å². The number of aromatic nitrogens is 2. The highest BCUT2D eigenvalue weighted by atomic mass is 79.9. The summed E-state index contributed by atoms with van der Waals surface area (Å²) in [6.07, 6.45) is 0. The van der Waals surface area contributed by atoms with Gasteiger partial charge >= 0.3 is 5.97 Å². The Hall–Kier alpha value is -2.78. The van der Waals surface area contributed by atoms with Crippen LogP contribution in [0.1, 0.15) is 23.5 Å². The van der Waals surface area contributed by atoms with Gasteiger partial charge in [-0.2, -0.15) is 0 Å². The van der Waals surface area contributed by atoms with E-state index >= 15 is 0 Å². The fraction of sp³-hybridized carbons (Fsp3) is 0.480. The van der Waals surface area contributed by atoms with E-state index in [1.807, 2.05) is 0 Å². The molecule has 2 aliphatic heterocycles. The van der Waals surface area contributed by atoms with Crippen LogP contribution in [0.4, 0.5) is 4.39 Å². The molecule has 1 aromatic heterocycles. The van der Waals surface area contributed by atoms with Gasteiger partial charge in [0.05, 0.1) is 25.4 Å². The first-order chi connectivity index (χ1) is 18.9. The maximum atomic E-state index is 13.9. The monoisotopic (exact) mass is 624 g/mol. The fourth-order valence-corrected chi connectivity index (χ4v) is 5.35. The molecule has 1 aromatic carbocycles. The Morgan fingerprint density at radius 2 is 2.03 bits per heavy atom. The Labute approximate surface area is 238 Å². The third kappa shape index (κ3) is 7.45. The van der Waals surface area contributed by atoms with E-state index < -0.39 is 17.8 Å². The van der Waals surface area contributed by atoms with Crippen LogP contribution in [0.3, 0.4) is 0 Å². The number of ether oxygens (including phenoxy) is 3. The van der Waals surface area contributed by atoms with E-state index in [0.717, 1.165) is 0 Å². The Balaban J connectivity index is 1.58. The first-order valence-electron chi connectivity index (χ1n) is 12.4. The fourth-order valence-electron chi connectivity index (χ4n) is 4.27. The molecule has 2 aliphatic rings. The maximum absolute atomic E-state index is 13.9. The summed E-state index contributed by atoms with van der Waals surface area (Å²) in [4.78, 5) is 34.5. The molecule has 14 heteroatoms. The number of piperazine rings is 1. The summed E-state index contributed by atoms with van der Waals surface area (Å²) in [6.45, 7) is 5.37. The topological polar surface area (TPSA) is 118 Å². The van der Waals surface area contributed by atoms with Crippen LogP contribution in [0.2, 0.25) is 0 Å². The van der Waals surface area contributed by atoms with Gasteiger partial charge in [-0.25, -0.2) is 9.18 Å². The number of hydrogen-bond acceptors (Lipinski definition) is 11. The summed E-state index contributed by atoms with van der Waals surface area (Å²) in [6, 6.07) is 3.52.